The lowest BCUT2D eigenvalue weighted by Crippen LogP contribution is -2.13. The zero-order chi connectivity index (χ0) is 22.5. The van der Waals surface area contributed by atoms with Gasteiger partial charge in [0.2, 0.25) is 0 Å². The van der Waals surface area contributed by atoms with Crippen LogP contribution in [0.2, 0.25) is 5.02 Å². The maximum Gasteiger partial charge on any atom is 0.291 e. The predicted octanol–water partition coefficient (Wildman–Crippen LogP) is 4.75. The van der Waals surface area contributed by atoms with E-state index >= 15 is 0 Å². The summed E-state index contributed by atoms with van der Waals surface area (Å²) in [6.45, 7) is 0.180. The van der Waals surface area contributed by atoms with E-state index < -0.39 is 5.91 Å². The number of benzene rings is 2. The first-order valence-electron chi connectivity index (χ1n) is 9.66. The lowest BCUT2D eigenvalue weighted by molar-refractivity contribution is 0.0990. The molecule has 0 aliphatic rings. The van der Waals surface area contributed by atoms with Crippen LogP contribution in [0.5, 0.6) is 5.75 Å². The van der Waals surface area contributed by atoms with Crippen molar-refractivity contribution >= 4 is 34.8 Å². The number of nitrogens with zero attached hydrogens (tertiary/aromatic N) is 2. The molecule has 2 aromatic carbocycles. The molecule has 0 saturated carbocycles. The Morgan fingerprint density at radius 1 is 0.938 bits per heavy atom. The fourth-order valence-corrected chi connectivity index (χ4v) is 2.95. The number of carbonyl (C=O) groups excluding carboxylic acids is 2. The van der Waals surface area contributed by atoms with Gasteiger partial charge in [-0.1, -0.05) is 11.6 Å². The Morgan fingerprint density at radius 3 is 2.22 bits per heavy atom. The maximum atomic E-state index is 12.4. The van der Waals surface area contributed by atoms with E-state index in [2.05, 4.69) is 15.7 Å². The number of anilines is 2. The number of aryl methyl sites for hydroxylation is 1. The smallest absolute Gasteiger partial charge is 0.291 e. The molecule has 9 heteroatoms. The number of carbonyl (C=O) groups is 2. The van der Waals surface area contributed by atoms with Gasteiger partial charge in [0.25, 0.3) is 11.8 Å². The molecule has 0 atom stereocenters. The second kappa shape index (κ2) is 9.40. The van der Waals surface area contributed by atoms with Crippen molar-refractivity contribution in [2.45, 2.75) is 6.61 Å². The van der Waals surface area contributed by atoms with Crippen molar-refractivity contribution in [2.24, 2.45) is 7.05 Å². The van der Waals surface area contributed by atoms with E-state index in [9.17, 15) is 9.59 Å². The van der Waals surface area contributed by atoms with Crippen molar-refractivity contribution in [2.75, 3.05) is 10.6 Å². The van der Waals surface area contributed by atoms with Crippen LogP contribution in [0.3, 0.4) is 0 Å². The summed E-state index contributed by atoms with van der Waals surface area (Å²) in [5, 5.41) is 10.2. The summed E-state index contributed by atoms with van der Waals surface area (Å²) in [7, 11) is 1.74. The van der Waals surface area contributed by atoms with Crippen LogP contribution in [0, 0.1) is 0 Å². The molecule has 2 N–H and O–H groups in total. The number of hydrogen-bond donors (Lipinski definition) is 2. The van der Waals surface area contributed by atoms with Crippen LogP contribution in [0.15, 0.2) is 77.3 Å². The second-order valence-electron chi connectivity index (χ2n) is 6.87. The number of furan rings is 1. The second-order valence-corrected chi connectivity index (χ2v) is 7.31. The molecule has 0 aliphatic heterocycles. The van der Waals surface area contributed by atoms with Crippen molar-refractivity contribution < 1.29 is 18.7 Å². The molecule has 32 heavy (non-hydrogen) atoms. The molecule has 0 radical (unpaired) electrons. The van der Waals surface area contributed by atoms with Gasteiger partial charge in [-0.25, -0.2) is 0 Å². The first kappa shape index (κ1) is 21.2. The van der Waals surface area contributed by atoms with Gasteiger partial charge >= 0.3 is 0 Å². The van der Waals surface area contributed by atoms with Crippen LogP contribution in [-0.2, 0) is 13.7 Å². The molecule has 2 aromatic heterocycles. The molecular formula is C23H19ClN4O4. The van der Waals surface area contributed by atoms with Crippen LogP contribution in [0.1, 0.15) is 26.8 Å². The highest BCUT2D eigenvalue weighted by atomic mass is 35.5. The fraction of sp³-hybridized carbons (Fsp3) is 0.0870. The van der Waals surface area contributed by atoms with Crippen molar-refractivity contribution in [3.63, 3.8) is 0 Å². The third-order valence-electron chi connectivity index (χ3n) is 4.43. The summed E-state index contributed by atoms with van der Waals surface area (Å²) >= 11 is 5.85. The Bertz CT molecular complexity index is 1230. The van der Waals surface area contributed by atoms with E-state index in [0.717, 1.165) is 0 Å². The van der Waals surface area contributed by atoms with Crippen LogP contribution in [-0.4, -0.2) is 21.6 Å². The molecule has 0 bridgehead atoms. The minimum atomic E-state index is -0.395. The SMILES string of the molecule is Cn1ccc(C(=O)Nc2ccc(NC(=O)c3ccc(COc4ccc(Cl)cc4)o3)cc2)n1. The third-order valence-corrected chi connectivity index (χ3v) is 4.68. The first-order valence-corrected chi connectivity index (χ1v) is 10.0. The van der Waals surface area contributed by atoms with E-state index in [1.807, 2.05) is 0 Å². The molecular weight excluding hydrogens is 432 g/mol. The summed E-state index contributed by atoms with van der Waals surface area (Å²) in [5.74, 6) is 0.608. The Kier molecular flexibility index (Phi) is 6.23. The standard InChI is InChI=1S/C23H19ClN4O4/c1-28-13-12-20(27-28)22(29)25-16-4-6-17(7-5-16)26-23(30)21-11-10-19(32-21)14-31-18-8-2-15(24)3-9-18/h2-13H,14H2,1H3,(H,25,29)(H,26,30). The Labute approximate surface area is 188 Å². The Hall–Kier alpha value is -4.04. The molecule has 2 heterocycles. The highest BCUT2D eigenvalue weighted by Gasteiger charge is 2.13. The lowest BCUT2D eigenvalue weighted by Gasteiger charge is -2.06. The lowest BCUT2D eigenvalue weighted by atomic mass is 10.2. The minimum Gasteiger partial charge on any atom is -0.486 e. The largest absolute Gasteiger partial charge is 0.486 e. The van der Waals surface area contributed by atoms with E-state index in [0.29, 0.717) is 33.6 Å². The molecule has 0 unspecified atom stereocenters. The zero-order valence-electron chi connectivity index (χ0n) is 17.0. The average molecular weight is 451 g/mol. The van der Waals surface area contributed by atoms with Crippen LogP contribution in [0.25, 0.3) is 0 Å². The number of rotatable bonds is 7. The van der Waals surface area contributed by atoms with E-state index in [-0.39, 0.29) is 18.3 Å². The maximum absolute atomic E-state index is 12.4. The Balaban J connectivity index is 1.30. The number of aromatic nitrogens is 2. The van der Waals surface area contributed by atoms with E-state index in [4.69, 9.17) is 20.8 Å². The molecule has 4 rings (SSSR count). The van der Waals surface area contributed by atoms with Gasteiger partial charge < -0.3 is 19.8 Å². The van der Waals surface area contributed by atoms with Gasteiger partial charge in [0.1, 0.15) is 18.1 Å². The summed E-state index contributed by atoms with van der Waals surface area (Å²) in [6.07, 6.45) is 1.69. The quantitative estimate of drug-likeness (QED) is 0.423. The van der Waals surface area contributed by atoms with Gasteiger partial charge in [-0.3, -0.25) is 14.3 Å². The average Bonchev–Trinajstić information content (AvgIpc) is 3.44. The van der Waals surface area contributed by atoms with Gasteiger partial charge in [0, 0.05) is 29.6 Å². The normalized spacial score (nSPS) is 10.6. The van der Waals surface area contributed by atoms with E-state index in [1.54, 1.807) is 84.7 Å². The summed E-state index contributed by atoms with van der Waals surface area (Å²) < 4.78 is 12.7. The molecule has 0 spiro atoms. The van der Waals surface area contributed by atoms with Gasteiger partial charge in [-0.05, 0) is 66.7 Å². The van der Waals surface area contributed by atoms with Crippen LogP contribution < -0.4 is 15.4 Å². The minimum absolute atomic E-state index is 0.159. The highest BCUT2D eigenvalue weighted by molar-refractivity contribution is 6.30. The Morgan fingerprint density at radius 2 is 1.59 bits per heavy atom. The van der Waals surface area contributed by atoms with Crippen LogP contribution in [0.4, 0.5) is 11.4 Å². The van der Waals surface area contributed by atoms with Gasteiger partial charge in [0.05, 0.1) is 0 Å². The number of nitrogens with one attached hydrogen (secondary N) is 2. The fourth-order valence-electron chi connectivity index (χ4n) is 2.82. The number of amides is 2. The molecule has 0 aliphatic carbocycles. The number of ether oxygens (including phenoxy) is 1. The number of hydrogen-bond acceptors (Lipinski definition) is 5. The first-order chi connectivity index (χ1) is 15.5. The summed E-state index contributed by atoms with van der Waals surface area (Å²) in [6, 6.07) is 18.6. The van der Waals surface area contributed by atoms with Crippen molar-refractivity contribution in [3.8, 4) is 5.75 Å². The zero-order valence-corrected chi connectivity index (χ0v) is 17.8. The molecule has 162 valence electrons. The molecule has 4 aromatic rings. The predicted molar refractivity (Wildman–Crippen MR) is 120 cm³/mol. The van der Waals surface area contributed by atoms with Gasteiger partial charge in [-0.2, -0.15) is 5.10 Å². The van der Waals surface area contributed by atoms with Crippen molar-refractivity contribution in [1.29, 1.82) is 0 Å². The topological polar surface area (TPSA) is 98.4 Å². The van der Waals surface area contributed by atoms with Crippen molar-refractivity contribution in [3.05, 3.63) is 95.2 Å². The van der Waals surface area contributed by atoms with Crippen LogP contribution >= 0.6 is 11.6 Å². The number of halogens is 1. The van der Waals surface area contributed by atoms with Gasteiger partial charge in [-0.15, -0.1) is 0 Å². The molecule has 2 amide bonds. The summed E-state index contributed by atoms with van der Waals surface area (Å²) in [5.41, 5.74) is 1.46. The molecule has 8 nitrogen and oxygen atoms in total. The highest BCUT2D eigenvalue weighted by Crippen LogP contribution is 2.19. The monoisotopic (exact) mass is 450 g/mol. The molecule has 0 saturated heterocycles. The van der Waals surface area contributed by atoms with Gasteiger partial charge in [0.15, 0.2) is 11.5 Å². The third kappa shape index (κ3) is 5.35. The van der Waals surface area contributed by atoms with E-state index in [1.165, 1.54) is 0 Å². The summed E-state index contributed by atoms with van der Waals surface area (Å²) in [4.78, 5) is 24.6. The van der Waals surface area contributed by atoms with Crippen molar-refractivity contribution in [1.82, 2.24) is 9.78 Å². The molecule has 0 fully saturated rings.